The highest BCUT2D eigenvalue weighted by atomic mass is 127. The van der Waals surface area contributed by atoms with Gasteiger partial charge in [-0.3, -0.25) is 0 Å². The average molecular weight is 438 g/mol. The normalized spacial score (nSPS) is 6.43. The van der Waals surface area contributed by atoms with E-state index in [4.69, 9.17) is 5.11 Å². The molecule has 0 unspecified atom stereocenters. The highest BCUT2D eigenvalue weighted by molar-refractivity contribution is 14.4. The Labute approximate surface area is 84.7 Å². The van der Waals surface area contributed by atoms with Gasteiger partial charge in [-0.25, -0.2) is 0 Å². The van der Waals surface area contributed by atoms with Gasteiger partial charge in [-0.05, 0) is 6.92 Å². The van der Waals surface area contributed by atoms with Crippen LogP contribution in [0.2, 0.25) is 0 Å². The van der Waals surface area contributed by atoms with E-state index in [0.29, 0.717) is 0 Å². The second-order valence-electron chi connectivity index (χ2n) is 0.564. The van der Waals surface area contributed by atoms with Gasteiger partial charge in [-0.15, -0.1) is 67.1 Å². The Kier molecular flexibility index (Phi) is 18.9. The van der Waals surface area contributed by atoms with E-state index >= 15 is 0 Å². The molecule has 0 aromatic rings. The predicted molar refractivity (Wildman–Crippen MR) is 60.6 cm³/mol. The summed E-state index contributed by atoms with van der Waals surface area (Å²) < 4.78 is 0.743. The van der Waals surface area contributed by atoms with E-state index in [1.807, 2.05) is 0 Å². The smallest absolute Gasteiger partial charge is 0.355 e. The van der Waals surface area contributed by atoms with Crippen molar-refractivity contribution in [1.29, 1.82) is 0 Å². The minimum Gasteiger partial charge on any atom is -0.397 e. The first kappa shape index (κ1) is 11.9. The topological polar surface area (TPSA) is 20.2 Å². The molecule has 0 aliphatic heterocycles. The second kappa shape index (κ2) is 11.1. The largest absolute Gasteiger partial charge is 0.397 e. The van der Waals surface area contributed by atoms with E-state index in [9.17, 15) is 0 Å². The second-order valence-corrected chi connectivity index (χ2v) is 11.5. The Bertz CT molecular complexity index is 24.1. The summed E-state index contributed by atoms with van der Waals surface area (Å²) in [6.45, 7) is 1.93. The van der Waals surface area contributed by atoms with Gasteiger partial charge in [0.15, 0.2) is 0 Å². The number of hydrogen-bond donors (Lipinski definition) is 1. The molecule has 44 valence electrons. The standard InChI is InChI=1S/C2H6O.BI3/c1-2-3;2-1(3)4/h3H,2H2,1H3;. The van der Waals surface area contributed by atoms with Crippen LogP contribution < -0.4 is 0 Å². The van der Waals surface area contributed by atoms with E-state index in [2.05, 4.69) is 67.1 Å². The zero-order valence-electron chi connectivity index (χ0n) is 3.87. The van der Waals surface area contributed by atoms with Gasteiger partial charge in [-0.2, -0.15) is 0 Å². The Morgan fingerprint density at radius 3 is 1.43 bits per heavy atom. The van der Waals surface area contributed by atoms with Crippen LogP contribution in [-0.2, 0) is 0 Å². The highest BCUT2D eigenvalue weighted by Crippen LogP contribution is 2.10. The summed E-state index contributed by atoms with van der Waals surface area (Å²) in [5, 5.41) is 7.57. The van der Waals surface area contributed by atoms with Gasteiger partial charge < -0.3 is 5.11 Å². The zero-order chi connectivity index (χ0) is 6.28. The number of aliphatic hydroxyl groups excluding tert-OH is 1. The van der Waals surface area contributed by atoms with Crippen LogP contribution in [0.4, 0.5) is 0 Å². The number of rotatable bonds is 0. The lowest BCUT2D eigenvalue weighted by molar-refractivity contribution is 0.318. The van der Waals surface area contributed by atoms with E-state index in [1.54, 1.807) is 6.92 Å². The van der Waals surface area contributed by atoms with Gasteiger partial charge in [0.25, 0.3) is 0 Å². The molecule has 0 aliphatic carbocycles. The molecule has 0 saturated heterocycles. The SMILES string of the molecule is CCO.IB(I)I. The first-order valence-electron chi connectivity index (χ1n) is 1.68. The fourth-order valence-corrected chi connectivity index (χ4v) is 0. The van der Waals surface area contributed by atoms with Crippen LogP contribution in [0.1, 0.15) is 6.92 Å². The molecule has 0 bridgehead atoms. The van der Waals surface area contributed by atoms with Crippen molar-refractivity contribution in [2.45, 2.75) is 6.92 Å². The molecule has 1 N–H and O–H groups in total. The monoisotopic (exact) mass is 438 g/mol. The van der Waals surface area contributed by atoms with Crippen LogP contribution in [0, 0.1) is 0 Å². The van der Waals surface area contributed by atoms with Crippen molar-refractivity contribution in [1.82, 2.24) is 0 Å². The first-order valence-corrected chi connectivity index (χ1v) is 5.41. The first-order chi connectivity index (χ1) is 3.15. The zero-order valence-corrected chi connectivity index (χ0v) is 10.3. The third-order valence-electron chi connectivity index (χ3n) is 0. The molecule has 0 spiro atoms. The third-order valence-corrected chi connectivity index (χ3v) is 0. The van der Waals surface area contributed by atoms with E-state index in [-0.39, 0.29) is 6.61 Å². The molecular weight excluding hydrogens is 432 g/mol. The van der Waals surface area contributed by atoms with Gasteiger partial charge >= 0.3 is 0.282 Å². The van der Waals surface area contributed by atoms with Gasteiger partial charge in [-0.1, -0.05) is 0 Å². The van der Waals surface area contributed by atoms with Crippen molar-refractivity contribution >= 4 is 67.4 Å². The summed E-state index contributed by atoms with van der Waals surface area (Å²) >= 11 is 6.95. The molecule has 0 aromatic carbocycles. The summed E-state index contributed by atoms with van der Waals surface area (Å²) in [5.41, 5.74) is 0. The fraction of sp³-hybridized carbons (Fsp3) is 1.00. The maximum atomic E-state index is 7.57. The molecule has 0 rings (SSSR count). The summed E-state index contributed by atoms with van der Waals surface area (Å²) in [5.74, 6) is 0. The lowest BCUT2D eigenvalue weighted by atomic mass is 10.8. The van der Waals surface area contributed by atoms with E-state index < -0.39 is 0 Å². The summed E-state index contributed by atoms with van der Waals surface area (Å²) in [4.78, 5) is 0. The molecule has 0 saturated carbocycles. The number of aliphatic hydroxyl groups is 1. The minimum atomic E-state index is 0.250. The van der Waals surface area contributed by atoms with Crippen molar-refractivity contribution in [2.75, 3.05) is 6.61 Å². The van der Waals surface area contributed by atoms with Gasteiger partial charge in [0, 0.05) is 6.61 Å². The average Bonchev–Trinajstić information content (AvgIpc) is 1.33. The van der Waals surface area contributed by atoms with Crippen LogP contribution in [0.3, 0.4) is 0 Å². The van der Waals surface area contributed by atoms with Crippen molar-refractivity contribution in [3.05, 3.63) is 0 Å². The number of hydrogen-bond acceptors (Lipinski definition) is 1. The van der Waals surface area contributed by atoms with Crippen LogP contribution in [0.5, 0.6) is 0 Å². The Hall–Kier alpha value is 2.21. The van der Waals surface area contributed by atoms with Crippen molar-refractivity contribution in [3.8, 4) is 0 Å². The van der Waals surface area contributed by atoms with Gasteiger partial charge in [0.1, 0.15) is 0 Å². The molecule has 0 heterocycles. The summed E-state index contributed by atoms with van der Waals surface area (Å²) in [6, 6.07) is 0. The summed E-state index contributed by atoms with van der Waals surface area (Å²) in [7, 11) is 0. The van der Waals surface area contributed by atoms with Crippen LogP contribution in [-0.4, -0.2) is 12.0 Å². The van der Waals surface area contributed by atoms with Crippen molar-refractivity contribution < 1.29 is 5.11 Å². The predicted octanol–water partition coefficient (Wildman–Crippen LogP) is 2.27. The molecule has 7 heavy (non-hydrogen) atoms. The molecule has 0 aliphatic rings. The maximum absolute atomic E-state index is 7.57. The molecule has 0 aromatic heterocycles. The molecule has 1 nitrogen and oxygen atoms in total. The van der Waals surface area contributed by atoms with Crippen LogP contribution in [0.25, 0.3) is 0 Å². The molecule has 5 heteroatoms. The quantitative estimate of drug-likeness (QED) is 0.455. The molecule has 0 atom stereocenters. The molecule has 0 radical (unpaired) electrons. The van der Waals surface area contributed by atoms with Gasteiger partial charge in [0.2, 0.25) is 0 Å². The van der Waals surface area contributed by atoms with E-state index in [0.717, 1.165) is 0.282 Å². The molecule has 0 amide bonds. The van der Waals surface area contributed by atoms with E-state index in [1.165, 1.54) is 0 Å². The Morgan fingerprint density at radius 1 is 1.43 bits per heavy atom. The lowest BCUT2D eigenvalue weighted by Gasteiger charge is -1.63. The van der Waals surface area contributed by atoms with Crippen LogP contribution in [0.15, 0.2) is 0 Å². The molecular formula is C2H6BI3O. The Morgan fingerprint density at radius 2 is 1.43 bits per heavy atom. The van der Waals surface area contributed by atoms with Crippen molar-refractivity contribution in [2.24, 2.45) is 0 Å². The fourth-order valence-electron chi connectivity index (χ4n) is 0. The van der Waals surface area contributed by atoms with Gasteiger partial charge in [0.05, 0.1) is 0 Å². The highest BCUT2D eigenvalue weighted by Gasteiger charge is 1.87. The van der Waals surface area contributed by atoms with Crippen molar-refractivity contribution in [3.63, 3.8) is 0 Å². The molecule has 0 fully saturated rings. The third kappa shape index (κ3) is 64.7. The number of halogens is 3. The Balaban J connectivity index is 0. The lowest BCUT2D eigenvalue weighted by Crippen LogP contribution is -1.59. The minimum absolute atomic E-state index is 0.250. The summed E-state index contributed by atoms with van der Waals surface area (Å²) in [6.07, 6.45) is 0. The van der Waals surface area contributed by atoms with Crippen LogP contribution >= 0.6 is 67.1 Å². The maximum Gasteiger partial charge on any atom is 0.355 e.